The van der Waals surface area contributed by atoms with Gasteiger partial charge in [-0.1, -0.05) is 38.1 Å². The van der Waals surface area contributed by atoms with Crippen molar-refractivity contribution in [3.8, 4) is 5.75 Å². The Labute approximate surface area is 137 Å². The number of methoxy groups -OCH3 is 1. The van der Waals surface area contributed by atoms with Gasteiger partial charge in [-0.15, -0.1) is 0 Å². The number of fused-ring (bicyclic) bond motifs is 1. The summed E-state index contributed by atoms with van der Waals surface area (Å²) in [6.45, 7) is 5.51. The van der Waals surface area contributed by atoms with Crippen LogP contribution in [0.25, 0.3) is 11.0 Å². The van der Waals surface area contributed by atoms with E-state index >= 15 is 0 Å². The molecule has 0 saturated carbocycles. The zero-order chi connectivity index (χ0) is 16.2. The van der Waals surface area contributed by atoms with Crippen LogP contribution in [0.2, 0.25) is 0 Å². The molecule has 0 aliphatic carbocycles. The van der Waals surface area contributed by atoms with E-state index in [-0.39, 0.29) is 0 Å². The van der Waals surface area contributed by atoms with E-state index in [9.17, 15) is 0 Å². The van der Waals surface area contributed by atoms with Crippen molar-refractivity contribution in [3.63, 3.8) is 0 Å². The second kappa shape index (κ2) is 6.86. The lowest BCUT2D eigenvalue weighted by Crippen LogP contribution is -2.09. The first-order valence-electron chi connectivity index (χ1n) is 8.24. The third-order valence-electron chi connectivity index (χ3n) is 4.05. The summed E-state index contributed by atoms with van der Waals surface area (Å²) in [6.07, 6.45) is 1.91. The van der Waals surface area contributed by atoms with Gasteiger partial charge in [-0.3, -0.25) is 0 Å². The fourth-order valence-electron chi connectivity index (χ4n) is 2.97. The number of rotatable bonds is 6. The molecule has 0 saturated heterocycles. The number of hydrogen-bond donors (Lipinski definition) is 0. The van der Waals surface area contributed by atoms with Crippen LogP contribution >= 0.6 is 0 Å². The monoisotopic (exact) mass is 308 g/mol. The number of para-hydroxylation sites is 2. The average Bonchev–Trinajstić information content (AvgIpc) is 2.90. The SMILES string of the molecule is COc1cccc(CCc2nc3ccccc3n2CC(C)C)c1. The van der Waals surface area contributed by atoms with Crippen molar-refractivity contribution in [1.82, 2.24) is 9.55 Å². The fraction of sp³-hybridized carbons (Fsp3) is 0.350. The molecule has 0 radical (unpaired) electrons. The summed E-state index contributed by atoms with van der Waals surface area (Å²) in [5.41, 5.74) is 3.61. The number of benzene rings is 2. The maximum atomic E-state index is 5.31. The third kappa shape index (κ3) is 3.55. The second-order valence-electron chi connectivity index (χ2n) is 6.37. The molecule has 0 spiro atoms. The van der Waals surface area contributed by atoms with E-state index in [4.69, 9.17) is 9.72 Å². The molecule has 1 heterocycles. The smallest absolute Gasteiger partial charge is 0.119 e. The summed E-state index contributed by atoms with van der Waals surface area (Å²) in [4.78, 5) is 4.86. The predicted octanol–water partition coefficient (Wildman–Crippen LogP) is 4.49. The van der Waals surface area contributed by atoms with Gasteiger partial charge >= 0.3 is 0 Å². The lowest BCUT2D eigenvalue weighted by Gasteiger charge is -2.12. The van der Waals surface area contributed by atoms with Crippen molar-refractivity contribution in [2.75, 3.05) is 7.11 Å². The van der Waals surface area contributed by atoms with Crippen LogP contribution < -0.4 is 4.74 Å². The van der Waals surface area contributed by atoms with Crippen molar-refractivity contribution in [3.05, 3.63) is 59.9 Å². The molecule has 0 unspecified atom stereocenters. The summed E-state index contributed by atoms with van der Waals surface area (Å²) in [6, 6.07) is 16.7. The second-order valence-corrected chi connectivity index (χ2v) is 6.37. The largest absolute Gasteiger partial charge is 0.497 e. The van der Waals surface area contributed by atoms with Crippen molar-refractivity contribution in [2.45, 2.75) is 33.2 Å². The summed E-state index contributed by atoms with van der Waals surface area (Å²) < 4.78 is 7.69. The number of aryl methyl sites for hydroxylation is 2. The highest BCUT2D eigenvalue weighted by Crippen LogP contribution is 2.20. The molecule has 2 aromatic carbocycles. The quantitative estimate of drug-likeness (QED) is 0.671. The van der Waals surface area contributed by atoms with E-state index in [0.29, 0.717) is 5.92 Å². The minimum absolute atomic E-state index is 0.600. The molecule has 0 bridgehead atoms. The zero-order valence-electron chi connectivity index (χ0n) is 14.1. The lowest BCUT2D eigenvalue weighted by molar-refractivity contribution is 0.414. The first-order chi connectivity index (χ1) is 11.2. The Hall–Kier alpha value is -2.29. The Kier molecular flexibility index (Phi) is 4.65. The standard InChI is InChI=1S/C20H24N2O/c1-15(2)14-22-19-10-5-4-9-18(19)21-20(22)12-11-16-7-6-8-17(13-16)23-3/h4-10,13,15H,11-12,14H2,1-3H3. The Morgan fingerprint density at radius 3 is 2.65 bits per heavy atom. The topological polar surface area (TPSA) is 27.1 Å². The molecule has 0 aliphatic rings. The molecule has 0 fully saturated rings. The van der Waals surface area contributed by atoms with Gasteiger partial charge in [-0.25, -0.2) is 4.98 Å². The van der Waals surface area contributed by atoms with Crippen molar-refractivity contribution < 1.29 is 4.74 Å². The Morgan fingerprint density at radius 2 is 1.87 bits per heavy atom. The van der Waals surface area contributed by atoms with Crippen LogP contribution in [0.5, 0.6) is 5.75 Å². The first kappa shape index (κ1) is 15.6. The molecule has 3 heteroatoms. The Bertz CT molecular complexity index is 789. The van der Waals surface area contributed by atoms with Crippen LogP contribution in [0.4, 0.5) is 0 Å². The minimum Gasteiger partial charge on any atom is -0.497 e. The molecular formula is C20H24N2O. The highest BCUT2D eigenvalue weighted by Gasteiger charge is 2.11. The zero-order valence-corrected chi connectivity index (χ0v) is 14.1. The molecule has 23 heavy (non-hydrogen) atoms. The molecule has 1 aromatic heterocycles. The molecule has 0 aliphatic heterocycles. The molecule has 3 aromatic rings. The van der Waals surface area contributed by atoms with Crippen LogP contribution in [0.1, 0.15) is 25.2 Å². The summed E-state index contributed by atoms with van der Waals surface area (Å²) in [7, 11) is 1.71. The summed E-state index contributed by atoms with van der Waals surface area (Å²) in [5.74, 6) is 2.68. The molecule has 0 N–H and O–H groups in total. The van der Waals surface area contributed by atoms with Gasteiger partial charge in [0.1, 0.15) is 11.6 Å². The van der Waals surface area contributed by atoms with E-state index in [1.54, 1.807) is 7.11 Å². The molecule has 0 amide bonds. The summed E-state index contributed by atoms with van der Waals surface area (Å²) in [5, 5.41) is 0. The van der Waals surface area contributed by atoms with Crippen LogP contribution in [0, 0.1) is 5.92 Å². The van der Waals surface area contributed by atoms with E-state index < -0.39 is 0 Å². The Morgan fingerprint density at radius 1 is 1.04 bits per heavy atom. The van der Waals surface area contributed by atoms with Crippen molar-refractivity contribution in [2.24, 2.45) is 5.92 Å². The third-order valence-corrected chi connectivity index (χ3v) is 4.05. The number of hydrogen-bond acceptors (Lipinski definition) is 2. The van der Waals surface area contributed by atoms with Gasteiger partial charge in [0.05, 0.1) is 18.1 Å². The van der Waals surface area contributed by atoms with Gasteiger partial charge < -0.3 is 9.30 Å². The summed E-state index contributed by atoms with van der Waals surface area (Å²) >= 11 is 0. The highest BCUT2D eigenvalue weighted by molar-refractivity contribution is 5.75. The predicted molar refractivity (Wildman–Crippen MR) is 95.0 cm³/mol. The number of imidazole rings is 1. The maximum absolute atomic E-state index is 5.31. The molecule has 3 rings (SSSR count). The molecular weight excluding hydrogens is 284 g/mol. The normalized spacial score (nSPS) is 11.3. The average molecular weight is 308 g/mol. The number of nitrogens with zero attached hydrogens (tertiary/aromatic N) is 2. The van der Waals surface area contributed by atoms with Gasteiger partial charge in [0.25, 0.3) is 0 Å². The van der Waals surface area contributed by atoms with Crippen LogP contribution in [-0.4, -0.2) is 16.7 Å². The van der Waals surface area contributed by atoms with Crippen LogP contribution in [-0.2, 0) is 19.4 Å². The first-order valence-corrected chi connectivity index (χ1v) is 8.24. The lowest BCUT2D eigenvalue weighted by atomic mass is 10.1. The van der Waals surface area contributed by atoms with E-state index in [0.717, 1.165) is 30.7 Å². The van der Waals surface area contributed by atoms with Crippen LogP contribution in [0.15, 0.2) is 48.5 Å². The van der Waals surface area contributed by atoms with Crippen molar-refractivity contribution >= 4 is 11.0 Å². The van der Waals surface area contributed by atoms with E-state index in [1.807, 2.05) is 12.1 Å². The maximum Gasteiger partial charge on any atom is 0.119 e. The van der Waals surface area contributed by atoms with Gasteiger partial charge in [0.2, 0.25) is 0 Å². The Balaban J connectivity index is 1.86. The molecule has 120 valence electrons. The van der Waals surface area contributed by atoms with Gasteiger partial charge in [-0.05, 0) is 42.2 Å². The van der Waals surface area contributed by atoms with E-state index in [1.165, 1.54) is 16.9 Å². The molecule has 0 atom stereocenters. The highest BCUT2D eigenvalue weighted by atomic mass is 16.5. The van der Waals surface area contributed by atoms with Gasteiger partial charge in [-0.2, -0.15) is 0 Å². The molecule has 3 nitrogen and oxygen atoms in total. The number of ether oxygens (including phenoxy) is 1. The van der Waals surface area contributed by atoms with E-state index in [2.05, 4.69) is 54.8 Å². The van der Waals surface area contributed by atoms with Crippen LogP contribution in [0.3, 0.4) is 0 Å². The minimum atomic E-state index is 0.600. The number of aromatic nitrogens is 2. The van der Waals surface area contributed by atoms with Crippen molar-refractivity contribution in [1.29, 1.82) is 0 Å². The van der Waals surface area contributed by atoms with Gasteiger partial charge in [0, 0.05) is 13.0 Å². The van der Waals surface area contributed by atoms with Gasteiger partial charge in [0.15, 0.2) is 0 Å². The fourth-order valence-corrected chi connectivity index (χ4v) is 2.97.